The summed E-state index contributed by atoms with van der Waals surface area (Å²) in [5.41, 5.74) is -0.230. The first-order chi connectivity index (χ1) is 15.3. The Balaban J connectivity index is 1.94. The SMILES string of the molecule is O=C(O)c1ccc(S(=O)(=O)Nc2ccccc2Oc2ccc(OF)c(OF)c2OF)cc1. The van der Waals surface area contributed by atoms with Gasteiger partial charge in [0.25, 0.3) is 21.5 Å². The summed E-state index contributed by atoms with van der Waals surface area (Å²) in [7, 11) is -4.19. The van der Waals surface area contributed by atoms with E-state index >= 15 is 0 Å². The van der Waals surface area contributed by atoms with E-state index in [2.05, 4.69) is 19.5 Å². The number of carboxylic acids is 1. The second-order valence-electron chi connectivity index (χ2n) is 5.98. The van der Waals surface area contributed by atoms with Crippen molar-refractivity contribution in [1.82, 2.24) is 0 Å². The predicted octanol–water partition coefficient (Wildman–Crippen LogP) is 4.77. The number of carboxylic acid groups (broad SMARTS) is 1. The summed E-state index contributed by atoms with van der Waals surface area (Å²) in [5, 5.41) is 8.92. The summed E-state index contributed by atoms with van der Waals surface area (Å²) in [6, 6.07) is 11.7. The van der Waals surface area contributed by atoms with Crippen LogP contribution in [-0.2, 0) is 10.0 Å². The van der Waals surface area contributed by atoms with Gasteiger partial charge in [-0.3, -0.25) is 19.5 Å². The van der Waals surface area contributed by atoms with Gasteiger partial charge >= 0.3 is 5.97 Å². The molecule has 0 amide bonds. The van der Waals surface area contributed by atoms with Gasteiger partial charge in [0, 0.05) is 13.6 Å². The molecule has 13 heteroatoms. The third kappa shape index (κ3) is 4.62. The molecule has 3 aromatic rings. The highest BCUT2D eigenvalue weighted by atomic mass is 32.2. The summed E-state index contributed by atoms with van der Waals surface area (Å²) in [4.78, 5) is 20.9. The van der Waals surface area contributed by atoms with Gasteiger partial charge in [-0.15, -0.1) is 0 Å². The summed E-state index contributed by atoms with van der Waals surface area (Å²) >= 11 is 0. The fourth-order valence-corrected chi connectivity index (χ4v) is 3.62. The molecule has 3 rings (SSSR count). The minimum atomic E-state index is -4.19. The van der Waals surface area contributed by atoms with Gasteiger partial charge in [0.1, 0.15) is 0 Å². The van der Waals surface area contributed by atoms with Crippen LogP contribution in [0.2, 0.25) is 0 Å². The highest BCUT2D eigenvalue weighted by Crippen LogP contribution is 2.47. The molecular weight excluding hydrogens is 459 g/mol. The zero-order chi connectivity index (χ0) is 23.3. The Morgan fingerprint density at radius 3 is 1.97 bits per heavy atom. The zero-order valence-electron chi connectivity index (χ0n) is 15.6. The van der Waals surface area contributed by atoms with Crippen LogP contribution < -0.4 is 24.3 Å². The molecule has 0 aliphatic carbocycles. The topological polar surface area (TPSA) is 120 Å². The molecule has 2 N–H and O–H groups in total. The van der Waals surface area contributed by atoms with Crippen molar-refractivity contribution in [3.63, 3.8) is 0 Å². The Morgan fingerprint density at radius 2 is 1.38 bits per heavy atom. The van der Waals surface area contributed by atoms with E-state index in [-0.39, 0.29) is 21.9 Å². The van der Waals surface area contributed by atoms with Crippen molar-refractivity contribution in [1.29, 1.82) is 0 Å². The molecule has 0 heterocycles. The zero-order valence-corrected chi connectivity index (χ0v) is 16.4. The largest absolute Gasteiger partial charge is 0.478 e. The second-order valence-corrected chi connectivity index (χ2v) is 7.67. The normalized spacial score (nSPS) is 10.8. The molecule has 9 nitrogen and oxygen atoms in total. The molecule has 0 radical (unpaired) electrons. The predicted molar refractivity (Wildman–Crippen MR) is 102 cm³/mol. The van der Waals surface area contributed by atoms with Crippen molar-refractivity contribution in [2.45, 2.75) is 4.90 Å². The summed E-state index contributed by atoms with van der Waals surface area (Å²) < 4.78 is 71.1. The van der Waals surface area contributed by atoms with Gasteiger partial charge in [-0.2, -0.15) is 0 Å². The van der Waals surface area contributed by atoms with E-state index in [0.717, 1.165) is 36.4 Å². The molecular formula is C19H12F3NO8S. The quantitative estimate of drug-likeness (QED) is 0.458. The number of anilines is 1. The lowest BCUT2D eigenvalue weighted by atomic mass is 10.2. The van der Waals surface area contributed by atoms with Crippen LogP contribution in [0.5, 0.6) is 28.7 Å². The highest BCUT2D eigenvalue weighted by Gasteiger charge is 2.24. The number of benzene rings is 3. The number of para-hydroxylation sites is 2. The summed E-state index contributed by atoms with van der Waals surface area (Å²) in [6.45, 7) is 0. The molecule has 0 bridgehead atoms. The molecule has 0 atom stereocenters. The van der Waals surface area contributed by atoms with Gasteiger partial charge in [0.05, 0.1) is 16.1 Å². The third-order valence-corrected chi connectivity index (χ3v) is 5.42. The number of hydrogen-bond acceptors (Lipinski definition) is 7. The van der Waals surface area contributed by atoms with E-state index < -0.39 is 39.0 Å². The van der Waals surface area contributed by atoms with Crippen molar-refractivity contribution in [3.05, 3.63) is 66.2 Å². The first-order valence-electron chi connectivity index (χ1n) is 8.46. The number of hydrogen-bond donors (Lipinski definition) is 2. The molecule has 0 aliphatic rings. The molecule has 0 saturated carbocycles. The number of aromatic carboxylic acids is 1. The smallest absolute Gasteiger partial charge is 0.335 e. The molecule has 168 valence electrons. The fourth-order valence-electron chi connectivity index (χ4n) is 2.55. The van der Waals surface area contributed by atoms with Crippen LogP contribution in [0, 0.1) is 0 Å². The van der Waals surface area contributed by atoms with Crippen molar-refractivity contribution < 1.29 is 51.5 Å². The Hall–Kier alpha value is -4.13. The van der Waals surface area contributed by atoms with Gasteiger partial charge in [-0.1, -0.05) is 12.1 Å². The average molecular weight is 471 g/mol. The highest BCUT2D eigenvalue weighted by molar-refractivity contribution is 7.92. The fraction of sp³-hybridized carbons (Fsp3) is 0. The first kappa shape index (κ1) is 22.6. The van der Waals surface area contributed by atoms with Crippen LogP contribution >= 0.6 is 0 Å². The van der Waals surface area contributed by atoms with Gasteiger partial charge in [0.15, 0.2) is 11.5 Å². The lowest BCUT2D eigenvalue weighted by Gasteiger charge is -2.15. The number of sulfonamides is 1. The average Bonchev–Trinajstić information content (AvgIpc) is 2.79. The number of rotatable bonds is 9. The standard InChI is InChI=1S/C19H12F3NO8S/c20-29-16-10-9-15(17(30-21)18(16)31-22)28-14-4-2-1-3-13(14)23-32(26,27)12-7-5-11(6-8-12)19(24)25/h1-10,23H,(H,24,25). The van der Waals surface area contributed by atoms with Crippen LogP contribution in [0.15, 0.2) is 65.6 Å². The van der Waals surface area contributed by atoms with Gasteiger partial charge in [-0.25, -0.2) is 13.2 Å². The maximum atomic E-state index is 13.0. The van der Waals surface area contributed by atoms with E-state index in [4.69, 9.17) is 9.84 Å². The molecule has 3 aromatic carbocycles. The Bertz CT molecular complexity index is 1240. The number of ether oxygens (including phenoxy) is 1. The second kappa shape index (κ2) is 9.34. The Morgan fingerprint density at radius 1 is 0.781 bits per heavy atom. The maximum absolute atomic E-state index is 13.0. The van der Waals surface area contributed by atoms with Crippen LogP contribution in [-0.4, -0.2) is 19.5 Å². The minimum Gasteiger partial charge on any atom is -0.478 e. The van der Waals surface area contributed by atoms with Crippen LogP contribution in [0.3, 0.4) is 0 Å². The van der Waals surface area contributed by atoms with Crippen LogP contribution in [0.25, 0.3) is 0 Å². The van der Waals surface area contributed by atoms with Crippen LogP contribution in [0.1, 0.15) is 10.4 Å². The lowest BCUT2D eigenvalue weighted by Crippen LogP contribution is -2.13. The summed E-state index contributed by atoms with van der Waals surface area (Å²) in [5.74, 6) is -4.85. The maximum Gasteiger partial charge on any atom is 0.335 e. The molecule has 0 saturated heterocycles. The Kier molecular flexibility index (Phi) is 6.59. The van der Waals surface area contributed by atoms with E-state index in [1.165, 1.54) is 24.3 Å². The molecule has 0 unspecified atom stereocenters. The molecule has 0 aromatic heterocycles. The van der Waals surface area contributed by atoms with E-state index in [1.807, 2.05) is 0 Å². The van der Waals surface area contributed by atoms with Gasteiger partial charge < -0.3 is 9.84 Å². The molecule has 0 aliphatic heterocycles. The van der Waals surface area contributed by atoms with E-state index in [9.17, 15) is 26.8 Å². The minimum absolute atomic E-state index is 0.113. The lowest BCUT2D eigenvalue weighted by molar-refractivity contribution is -0.0566. The summed E-state index contributed by atoms with van der Waals surface area (Å²) in [6.07, 6.45) is 0. The van der Waals surface area contributed by atoms with Crippen molar-refractivity contribution in [2.24, 2.45) is 0 Å². The van der Waals surface area contributed by atoms with Crippen LogP contribution in [0.4, 0.5) is 19.3 Å². The molecule has 0 fully saturated rings. The van der Waals surface area contributed by atoms with E-state index in [0.29, 0.717) is 0 Å². The number of nitrogens with one attached hydrogen (secondary N) is 1. The number of carbonyl (C=O) groups is 1. The first-order valence-corrected chi connectivity index (χ1v) is 9.95. The van der Waals surface area contributed by atoms with Gasteiger partial charge in [-0.05, 0) is 48.5 Å². The number of halogens is 3. The van der Waals surface area contributed by atoms with Gasteiger partial charge in [0.2, 0.25) is 5.75 Å². The monoisotopic (exact) mass is 471 g/mol. The molecule has 32 heavy (non-hydrogen) atoms. The van der Waals surface area contributed by atoms with Crippen molar-refractivity contribution in [2.75, 3.05) is 4.72 Å². The van der Waals surface area contributed by atoms with Crippen molar-refractivity contribution >= 4 is 21.7 Å². The Labute approximate surface area is 178 Å². The third-order valence-electron chi connectivity index (χ3n) is 4.04. The van der Waals surface area contributed by atoms with E-state index in [1.54, 1.807) is 0 Å². The van der Waals surface area contributed by atoms with Crippen molar-refractivity contribution in [3.8, 4) is 28.7 Å². The molecule has 0 spiro atoms.